The number of aliphatic hydroxyl groups is 1. The van der Waals surface area contributed by atoms with Crippen molar-refractivity contribution < 1.29 is 14.6 Å². The van der Waals surface area contributed by atoms with Gasteiger partial charge in [-0.1, -0.05) is 29.8 Å². The van der Waals surface area contributed by atoms with Crippen LogP contribution in [-0.2, 0) is 0 Å². The zero-order valence-electron chi connectivity index (χ0n) is 16.6. The Morgan fingerprint density at radius 2 is 1.86 bits per heavy atom. The number of guanidine groups is 1. The first-order valence-corrected chi connectivity index (χ1v) is 9.16. The van der Waals surface area contributed by atoms with E-state index in [4.69, 9.17) is 9.47 Å². The normalized spacial score (nSPS) is 11.9. The van der Waals surface area contributed by atoms with E-state index in [0.717, 1.165) is 17.9 Å². The smallest absolute Gasteiger partial charge is 0.191 e. The number of methoxy groups -OCH3 is 1. The van der Waals surface area contributed by atoms with Crippen LogP contribution in [0.15, 0.2) is 53.5 Å². The first-order chi connectivity index (χ1) is 13.1. The molecule has 0 amide bonds. The quantitative estimate of drug-likeness (QED) is 0.214. The van der Waals surface area contributed by atoms with Crippen LogP contribution in [0.25, 0.3) is 0 Å². The molecule has 0 heterocycles. The van der Waals surface area contributed by atoms with Gasteiger partial charge in [-0.25, -0.2) is 0 Å². The molecule has 6 nitrogen and oxygen atoms in total. The number of hydrogen-bond donors (Lipinski definition) is 3. The number of halogens is 1. The Hall–Kier alpha value is -2.00. The number of ether oxygens (including phenoxy) is 2. The fourth-order valence-corrected chi connectivity index (χ4v) is 2.45. The number of hydrogen-bond acceptors (Lipinski definition) is 4. The molecule has 0 saturated heterocycles. The lowest BCUT2D eigenvalue weighted by Crippen LogP contribution is -2.39. The molecule has 28 heavy (non-hydrogen) atoms. The average Bonchev–Trinajstić information content (AvgIpc) is 2.70. The van der Waals surface area contributed by atoms with Crippen LogP contribution < -0.4 is 20.1 Å². The van der Waals surface area contributed by atoms with E-state index in [1.165, 1.54) is 5.56 Å². The van der Waals surface area contributed by atoms with E-state index in [2.05, 4.69) is 15.6 Å². The van der Waals surface area contributed by atoms with Gasteiger partial charge in [-0.15, -0.1) is 24.0 Å². The Labute approximate surface area is 184 Å². The van der Waals surface area contributed by atoms with E-state index in [1.54, 1.807) is 7.11 Å². The Kier molecular flexibility index (Phi) is 11.4. The Bertz CT molecular complexity index is 723. The molecular weight excluding hydrogens is 469 g/mol. The number of aliphatic imine (C=N–C) groups is 1. The fraction of sp³-hybridized carbons (Fsp3) is 0.381. The van der Waals surface area contributed by atoms with Crippen LogP contribution in [-0.4, -0.2) is 44.4 Å². The van der Waals surface area contributed by atoms with E-state index in [0.29, 0.717) is 24.9 Å². The highest BCUT2D eigenvalue weighted by Crippen LogP contribution is 2.19. The van der Waals surface area contributed by atoms with Crippen molar-refractivity contribution in [1.29, 1.82) is 0 Å². The van der Waals surface area contributed by atoms with Crippen molar-refractivity contribution in [3.8, 4) is 11.5 Å². The fourth-order valence-electron chi connectivity index (χ4n) is 2.45. The van der Waals surface area contributed by atoms with Crippen LogP contribution >= 0.6 is 24.0 Å². The monoisotopic (exact) mass is 499 g/mol. The molecule has 3 N–H and O–H groups in total. The molecule has 2 rings (SSSR count). The lowest BCUT2D eigenvalue weighted by atomic mass is 10.1. The zero-order valence-corrected chi connectivity index (χ0v) is 19.0. The molecule has 0 fully saturated rings. The van der Waals surface area contributed by atoms with Gasteiger partial charge >= 0.3 is 0 Å². The van der Waals surface area contributed by atoms with Crippen LogP contribution in [0.2, 0.25) is 0 Å². The summed E-state index contributed by atoms with van der Waals surface area (Å²) in [5, 5.41) is 16.7. The third-order valence-electron chi connectivity index (χ3n) is 3.93. The number of rotatable bonds is 9. The molecule has 2 aromatic rings. The third-order valence-corrected chi connectivity index (χ3v) is 3.93. The van der Waals surface area contributed by atoms with Crippen LogP contribution in [0.1, 0.15) is 24.2 Å². The van der Waals surface area contributed by atoms with E-state index in [9.17, 15) is 5.11 Å². The summed E-state index contributed by atoms with van der Waals surface area (Å²) in [6.07, 6.45) is -0.695. The molecule has 0 spiro atoms. The summed E-state index contributed by atoms with van der Waals surface area (Å²) in [6.45, 7) is 6.16. The summed E-state index contributed by atoms with van der Waals surface area (Å²) < 4.78 is 10.9. The Morgan fingerprint density at radius 1 is 1.11 bits per heavy atom. The minimum absolute atomic E-state index is 0. The summed E-state index contributed by atoms with van der Waals surface area (Å²) in [6, 6.07) is 15.3. The molecule has 0 saturated carbocycles. The predicted molar refractivity (Wildman–Crippen MR) is 124 cm³/mol. The summed E-state index contributed by atoms with van der Waals surface area (Å²) in [7, 11) is 1.61. The Balaban J connectivity index is 0.00000392. The van der Waals surface area contributed by atoms with Crippen LogP contribution in [0, 0.1) is 6.92 Å². The van der Waals surface area contributed by atoms with Gasteiger partial charge in [0.25, 0.3) is 0 Å². The van der Waals surface area contributed by atoms with Crippen molar-refractivity contribution >= 4 is 29.9 Å². The van der Waals surface area contributed by atoms with Crippen LogP contribution in [0.5, 0.6) is 11.5 Å². The molecule has 2 aromatic carbocycles. The van der Waals surface area contributed by atoms with Gasteiger partial charge in [0.2, 0.25) is 0 Å². The van der Waals surface area contributed by atoms with E-state index >= 15 is 0 Å². The Morgan fingerprint density at radius 3 is 2.54 bits per heavy atom. The first-order valence-electron chi connectivity index (χ1n) is 9.16. The number of nitrogens with zero attached hydrogens (tertiary/aromatic N) is 1. The van der Waals surface area contributed by atoms with Crippen molar-refractivity contribution in [1.82, 2.24) is 10.6 Å². The highest BCUT2D eigenvalue weighted by Gasteiger charge is 2.08. The lowest BCUT2D eigenvalue weighted by molar-refractivity contribution is 0.186. The van der Waals surface area contributed by atoms with Crippen molar-refractivity contribution in [2.75, 3.05) is 33.4 Å². The molecule has 154 valence electrons. The van der Waals surface area contributed by atoms with Crippen molar-refractivity contribution in [3.05, 3.63) is 59.7 Å². The molecule has 0 aliphatic carbocycles. The van der Waals surface area contributed by atoms with Gasteiger partial charge in [-0.3, -0.25) is 4.99 Å². The zero-order chi connectivity index (χ0) is 19.5. The van der Waals surface area contributed by atoms with E-state index < -0.39 is 6.10 Å². The maximum atomic E-state index is 10.4. The molecule has 1 atom stereocenters. The molecule has 7 heteroatoms. The van der Waals surface area contributed by atoms with Crippen molar-refractivity contribution in [3.63, 3.8) is 0 Å². The standard InChI is InChI=1S/C21H29N3O3.HI/c1-4-22-21(23-12-13-27-18-10-8-16(2)9-11-18)24-15-20(25)17-6-5-7-19(14-17)26-3;/h5-11,14,20,25H,4,12-13,15H2,1-3H3,(H2,22,23,24);1H. The van der Waals surface area contributed by atoms with Gasteiger partial charge in [0.15, 0.2) is 5.96 Å². The molecule has 0 aromatic heterocycles. The van der Waals surface area contributed by atoms with Gasteiger partial charge < -0.3 is 25.2 Å². The maximum Gasteiger partial charge on any atom is 0.191 e. The van der Waals surface area contributed by atoms with E-state index in [1.807, 2.05) is 62.4 Å². The molecule has 0 radical (unpaired) electrons. The van der Waals surface area contributed by atoms with Gasteiger partial charge in [-0.2, -0.15) is 0 Å². The van der Waals surface area contributed by atoms with Crippen molar-refractivity contribution in [2.45, 2.75) is 20.0 Å². The molecule has 1 unspecified atom stereocenters. The minimum Gasteiger partial charge on any atom is -0.497 e. The van der Waals surface area contributed by atoms with Gasteiger partial charge in [0, 0.05) is 6.54 Å². The largest absolute Gasteiger partial charge is 0.497 e. The average molecular weight is 499 g/mol. The second-order valence-corrected chi connectivity index (χ2v) is 6.10. The number of aryl methyl sites for hydroxylation is 1. The molecular formula is C21H30IN3O3. The maximum absolute atomic E-state index is 10.4. The minimum atomic E-state index is -0.695. The summed E-state index contributed by atoms with van der Waals surface area (Å²) in [4.78, 5) is 4.45. The topological polar surface area (TPSA) is 75.1 Å². The summed E-state index contributed by atoms with van der Waals surface area (Å²) >= 11 is 0. The second kappa shape index (κ2) is 13.2. The van der Waals surface area contributed by atoms with E-state index in [-0.39, 0.29) is 30.5 Å². The van der Waals surface area contributed by atoms with Crippen LogP contribution in [0.4, 0.5) is 0 Å². The summed E-state index contributed by atoms with van der Waals surface area (Å²) in [5.74, 6) is 2.21. The van der Waals surface area contributed by atoms with Gasteiger partial charge in [0.1, 0.15) is 18.1 Å². The lowest BCUT2D eigenvalue weighted by Gasteiger charge is -2.14. The van der Waals surface area contributed by atoms with Gasteiger partial charge in [0.05, 0.1) is 26.3 Å². The SMILES string of the molecule is CCNC(=NCC(O)c1cccc(OC)c1)NCCOc1ccc(C)cc1.I. The van der Waals surface area contributed by atoms with Crippen molar-refractivity contribution in [2.24, 2.45) is 4.99 Å². The molecule has 0 aliphatic heterocycles. The number of aliphatic hydroxyl groups excluding tert-OH is 1. The molecule has 0 bridgehead atoms. The number of benzene rings is 2. The predicted octanol–water partition coefficient (Wildman–Crippen LogP) is 3.29. The number of nitrogens with one attached hydrogen (secondary N) is 2. The highest BCUT2D eigenvalue weighted by molar-refractivity contribution is 14.0. The second-order valence-electron chi connectivity index (χ2n) is 6.10. The van der Waals surface area contributed by atoms with Gasteiger partial charge in [-0.05, 0) is 43.7 Å². The first kappa shape index (κ1) is 24.0. The van der Waals surface area contributed by atoms with Crippen LogP contribution in [0.3, 0.4) is 0 Å². The molecule has 0 aliphatic rings. The summed E-state index contributed by atoms with van der Waals surface area (Å²) in [5.41, 5.74) is 1.98. The highest BCUT2D eigenvalue weighted by atomic mass is 127. The third kappa shape index (κ3) is 8.35.